The smallest absolute Gasteiger partial charge is 0.227 e. The van der Waals surface area contributed by atoms with Crippen molar-refractivity contribution in [3.63, 3.8) is 0 Å². The lowest BCUT2D eigenvalue weighted by Crippen LogP contribution is -2.44. The number of hydrogen-bond acceptors (Lipinski definition) is 5. The van der Waals surface area contributed by atoms with Crippen LogP contribution < -0.4 is 10.2 Å². The lowest BCUT2D eigenvalue weighted by Gasteiger charge is -2.27. The minimum absolute atomic E-state index is 0.803. The Balaban J connectivity index is 1.99. The molecule has 1 aliphatic heterocycles. The number of nitrogens with one attached hydrogen (secondary N) is 1. The van der Waals surface area contributed by atoms with Crippen LogP contribution in [0.2, 0.25) is 0 Å². The number of piperazine rings is 1. The fourth-order valence-corrected chi connectivity index (χ4v) is 1.94. The third-order valence-corrected chi connectivity index (χ3v) is 2.86. The van der Waals surface area contributed by atoms with Gasteiger partial charge in [0.1, 0.15) is 0 Å². The quantitative estimate of drug-likeness (QED) is 0.716. The van der Waals surface area contributed by atoms with Crippen LogP contribution in [0.3, 0.4) is 0 Å². The molecule has 1 fully saturated rings. The molecule has 6 nitrogen and oxygen atoms in total. The maximum absolute atomic E-state index is 4.55. The predicted molar refractivity (Wildman–Crippen MR) is 61.4 cm³/mol. The topological polar surface area (TPSA) is 58.9 Å². The first-order chi connectivity index (χ1) is 7.84. The minimum atomic E-state index is 0.803. The third-order valence-electron chi connectivity index (χ3n) is 2.86. The van der Waals surface area contributed by atoms with Gasteiger partial charge in [-0.05, 0) is 0 Å². The maximum Gasteiger partial charge on any atom is 0.227 e. The number of aryl methyl sites for hydroxylation is 1. The van der Waals surface area contributed by atoms with Crippen molar-refractivity contribution in [2.24, 2.45) is 7.05 Å². The Bertz CT molecular complexity index is 499. The van der Waals surface area contributed by atoms with Gasteiger partial charge in [0, 0.05) is 39.4 Å². The van der Waals surface area contributed by atoms with Crippen LogP contribution >= 0.6 is 0 Å². The Morgan fingerprint density at radius 1 is 1.25 bits per heavy atom. The first-order valence-corrected chi connectivity index (χ1v) is 5.45. The van der Waals surface area contributed by atoms with Crippen LogP contribution in [0.15, 0.2) is 12.4 Å². The van der Waals surface area contributed by atoms with Gasteiger partial charge in [-0.25, -0.2) is 4.98 Å². The third kappa shape index (κ3) is 1.51. The van der Waals surface area contributed by atoms with Gasteiger partial charge in [-0.1, -0.05) is 0 Å². The molecule has 1 N–H and O–H groups in total. The molecule has 0 aromatic carbocycles. The van der Waals surface area contributed by atoms with E-state index in [2.05, 4.69) is 25.3 Å². The molecule has 0 spiro atoms. The Labute approximate surface area is 93.3 Å². The zero-order chi connectivity index (χ0) is 11.0. The normalized spacial score (nSPS) is 16.9. The summed E-state index contributed by atoms with van der Waals surface area (Å²) in [4.78, 5) is 11.1. The predicted octanol–water partition coefficient (Wildman–Crippen LogP) is -0.227. The van der Waals surface area contributed by atoms with Crippen LogP contribution in [0.25, 0.3) is 11.0 Å². The highest BCUT2D eigenvalue weighted by atomic mass is 15.3. The second-order valence-electron chi connectivity index (χ2n) is 3.95. The molecule has 2 aromatic rings. The second-order valence-corrected chi connectivity index (χ2v) is 3.95. The van der Waals surface area contributed by atoms with Crippen molar-refractivity contribution in [3.05, 3.63) is 12.4 Å². The van der Waals surface area contributed by atoms with Gasteiger partial charge in [-0.15, -0.1) is 0 Å². The molecule has 16 heavy (non-hydrogen) atoms. The average molecular weight is 218 g/mol. The molecule has 0 saturated carbocycles. The van der Waals surface area contributed by atoms with Crippen molar-refractivity contribution >= 4 is 17.0 Å². The summed E-state index contributed by atoms with van der Waals surface area (Å²) in [7, 11) is 1.90. The highest BCUT2D eigenvalue weighted by Crippen LogP contribution is 2.14. The van der Waals surface area contributed by atoms with Gasteiger partial charge in [0.2, 0.25) is 5.95 Å². The van der Waals surface area contributed by atoms with Crippen LogP contribution in [0, 0.1) is 0 Å². The van der Waals surface area contributed by atoms with E-state index in [1.165, 1.54) is 0 Å². The number of aromatic nitrogens is 4. The van der Waals surface area contributed by atoms with Crippen LogP contribution in [-0.2, 0) is 7.05 Å². The van der Waals surface area contributed by atoms with Gasteiger partial charge >= 0.3 is 0 Å². The maximum atomic E-state index is 4.55. The molecule has 0 amide bonds. The van der Waals surface area contributed by atoms with Crippen molar-refractivity contribution in [2.75, 3.05) is 31.1 Å². The van der Waals surface area contributed by atoms with E-state index in [0.29, 0.717) is 0 Å². The molecule has 0 atom stereocenters. The molecule has 3 heterocycles. The molecule has 2 aromatic heterocycles. The average Bonchev–Trinajstić information content (AvgIpc) is 2.72. The number of rotatable bonds is 1. The first kappa shape index (κ1) is 9.53. The van der Waals surface area contributed by atoms with Crippen molar-refractivity contribution in [2.45, 2.75) is 0 Å². The van der Waals surface area contributed by atoms with Crippen molar-refractivity contribution < 1.29 is 0 Å². The summed E-state index contributed by atoms with van der Waals surface area (Å²) >= 11 is 0. The van der Waals surface area contributed by atoms with E-state index in [1.807, 2.05) is 13.2 Å². The van der Waals surface area contributed by atoms with Crippen LogP contribution in [0.5, 0.6) is 0 Å². The van der Waals surface area contributed by atoms with Gasteiger partial charge in [-0.2, -0.15) is 10.1 Å². The molecule has 84 valence electrons. The fourth-order valence-electron chi connectivity index (χ4n) is 1.94. The summed E-state index contributed by atoms with van der Waals surface area (Å²) in [5.41, 5.74) is 0.892. The summed E-state index contributed by atoms with van der Waals surface area (Å²) in [5.74, 6) is 0.803. The molecule has 0 unspecified atom stereocenters. The van der Waals surface area contributed by atoms with E-state index in [4.69, 9.17) is 0 Å². The molecular formula is C10H14N6. The summed E-state index contributed by atoms with van der Waals surface area (Å²) in [6, 6.07) is 0. The van der Waals surface area contributed by atoms with E-state index >= 15 is 0 Å². The zero-order valence-electron chi connectivity index (χ0n) is 9.22. The van der Waals surface area contributed by atoms with Gasteiger partial charge in [-0.3, -0.25) is 4.68 Å². The monoisotopic (exact) mass is 218 g/mol. The minimum Gasteiger partial charge on any atom is -0.338 e. The Morgan fingerprint density at radius 3 is 2.88 bits per heavy atom. The number of fused-ring (bicyclic) bond motifs is 1. The highest BCUT2D eigenvalue weighted by Gasteiger charge is 2.14. The molecule has 0 bridgehead atoms. The molecule has 3 rings (SSSR count). The van der Waals surface area contributed by atoms with Gasteiger partial charge in [0.15, 0.2) is 5.65 Å². The van der Waals surface area contributed by atoms with E-state index in [-0.39, 0.29) is 0 Å². The van der Waals surface area contributed by atoms with E-state index in [9.17, 15) is 0 Å². The number of nitrogens with zero attached hydrogens (tertiary/aromatic N) is 5. The summed E-state index contributed by atoms with van der Waals surface area (Å²) in [6.45, 7) is 3.91. The van der Waals surface area contributed by atoms with Crippen molar-refractivity contribution in [3.8, 4) is 0 Å². The van der Waals surface area contributed by atoms with Crippen LogP contribution in [-0.4, -0.2) is 45.9 Å². The van der Waals surface area contributed by atoms with E-state index < -0.39 is 0 Å². The van der Waals surface area contributed by atoms with E-state index in [0.717, 1.165) is 43.2 Å². The van der Waals surface area contributed by atoms with Crippen LogP contribution in [0.1, 0.15) is 0 Å². The second kappa shape index (κ2) is 3.71. The van der Waals surface area contributed by atoms with Gasteiger partial charge < -0.3 is 10.2 Å². The lowest BCUT2D eigenvalue weighted by molar-refractivity contribution is 0.580. The Hall–Kier alpha value is -1.69. The molecule has 0 aliphatic carbocycles. The molecule has 6 heteroatoms. The first-order valence-electron chi connectivity index (χ1n) is 5.45. The molecule has 1 saturated heterocycles. The summed E-state index contributed by atoms with van der Waals surface area (Å²) in [5, 5.41) is 8.47. The fraction of sp³-hybridized carbons (Fsp3) is 0.500. The van der Waals surface area contributed by atoms with Gasteiger partial charge in [0.05, 0.1) is 11.6 Å². The number of anilines is 1. The summed E-state index contributed by atoms with van der Waals surface area (Å²) < 4.78 is 1.78. The molecule has 1 aliphatic rings. The number of hydrogen-bond donors (Lipinski definition) is 1. The molecule has 0 radical (unpaired) electrons. The van der Waals surface area contributed by atoms with Crippen molar-refractivity contribution in [1.29, 1.82) is 0 Å². The van der Waals surface area contributed by atoms with Gasteiger partial charge in [0.25, 0.3) is 0 Å². The Kier molecular flexibility index (Phi) is 2.21. The van der Waals surface area contributed by atoms with Crippen molar-refractivity contribution in [1.82, 2.24) is 25.1 Å². The van der Waals surface area contributed by atoms with Crippen LogP contribution in [0.4, 0.5) is 5.95 Å². The summed E-state index contributed by atoms with van der Waals surface area (Å²) in [6.07, 6.45) is 3.63. The SMILES string of the molecule is Cn1ncc2cnc(N3CCNCC3)nc21. The lowest BCUT2D eigenvalue weighted by atomic mass is 10.4. The largest absolute Gasteiger partial charge is 0.338 e. The standard InChI is InChI=1S/C10H14N6/c1-15-9-8(7-13-15)6-12-10(14-9)16-4-2-11-3-5-16/h6-7,11H,2-5H2,1H3. The molecular weight excluding hydrogens is 204 g/mol. The highest BCUT2D eigenvalue weighted by molar-refractivity contribution is 5.74. The van der Waals surface area contributed by atoms with E-state index in [1.54, 1.807) is 10.9 Å². The Morgan fingerprint density at radius 2 is 2.06 bits per heavy atom. The zero-order valence-corrected chi connectivity index (χ0v) is 9.22.